The Morgan fingerprint density at radius 2 is 2.17 bits per heavy atom. The van der Waals surface area contributed by atoms with Crippen LogP contribution in [0.2, 0.25) is 0 Å². The molecule has 0 spiro atoms. The van der Waals surface area contributed by atoms with E-state index in [1.54, 1.807) is 11.3 Å². The molecule has 0 atom stereocenters. The largest absolute Gasteiger partial charge is 0.353 e. The summed E-state index contributed by atoms with van der Waals surface area (Å²) in [4.78, 5) is 6.34. The zero-order valence-corrected chi connectivity index (χ0v) is 12.2. The first-order valence-electron chi connectivity index (χ1n) is 5.47. The summed E-state index contributed by atoms with van der Waals surface area (Å²) in [7, 11) is 5.84. The van der Waals surface area contributed by atoms with E-state index in [2.05, 4.69) is 26.6 Å². The highest BCUT2D eigenvalue weighted by Gasteiger charge is 2.07. The minimum Gasteiger partial charge on any atom is -0.353 e. The predicted molar refractivity (Wildman–Crippen MR) is 75.4 cm³/mol. The van der Waals surface area contributed by atoms with Gasteiger partial charge >= 0.3 is 0 Å². The minimum atomic E-state index is 0.835. The van der Waals surface area contributed by atoms with Crippen molar-refractivity contribution in [1.29, 1.82) is 0 Å². The topological polar surface area (TPSA) is 53.9 Å². The SMILES string of the molecule is CNCc1ccc(Sc2nnc(N(C)C)s2)nc1. The summed E-state index contributed by atoms with van der Waals surface area (Å²) < 4.78 is 0.910. The highest BCUT2D eigenvalue weighted by Crippen LogP contribution is 2.31. The molecule has 0 radical (unpaired) electrons. The predicted octanol–water partition coefficient (Wildman–Crippen LogP) is 1.87. The maximum atomic E-state index is 4.39. The van der Waals surface area contributed by atoms with Crippen LogP contribution >= 0.6 is 23.1 Å². The van der Waals surface area contributed by atoms with Gasteiger partial charge in [-0.25, -0.2) is 4.98 Å². The van der Waals surface area contributed by atoms with E-state index in [0.29, 0.717) is 0 Å². The van der Waals surface area contributed by atoms with Crippen molar-refractivity contribution in [3.05, 3.63) is 23.9 Å². The number of nitrogens with one attached hydrogen (secondary N) is 1. The lowest BCUT2D eigenvalue weighted by Gasteiger charge is -2.03. The summed E-state index contributed by atoms with van der Waals surface area (Å²) in [6.45, 7) is 0.835. The standard InChI is InChI=1S/C11H15N5S2/c1-12-6-8-4-5-9(13-7-8)17-11-15-14-10(18-11)16(2)3/h4-5,7,12H,6H2,1-3H3. The van der Waals surface area contributed by atoms with Crippen LogP contribution in [-0.2, 0) is 6.54 Å². The summed E-state index contributed by atoms with van der Waals surface area (Å²) in [5.41, 5.74) is 1.17. The van der Waals surface area contributed by atoms with Crippen LogP contribution < -0.4 is 10.2 Å². The van der Waals surface area contributed by atoms with Crippen molar-refractivity contribution in [2.45, 2.75) is 15.9 Å². The molecule has 0 saturated heterocycles. The number of anilines is 1. The zero-order chi connectivity index (χ0) is 13.0. The smallest absolute Gasteiger partial charge is 0.208 e. The molecule has 0 fully saturated rings. The van der Waals surface area contributed by atoms with E-state index in [1.165, 1.54) is 17.3 Å². The number of hydrogen-bond acceptors (Lipinski definition) is 7. The van der Waals surface area contributed by atoms with E-state index >= 15 is 0 Å². The molecule has 7 heteroatoms. The van der Waals surface area contributed by atoms with E-state index in [9.17, 15) is 0 Å². The fraction of sp³-hybridized carbons (Fsp3) is 0.364. The first-order valence-corrected chi connectivity index (χ1v) is 7.10. The van der Waals surface area contributed by atoms with Gasteiger partial charge in [0, 0.05) is 26.8 Å². The van der Waals surface area contributed by atoms with Gasteiger partial charge in [-0.2, -0.15) is 0 Å². The third-order valence-electron chi connectivity index (χ3n) is 2.15. The Bertz CT molecular complexity index is 494. The molecule has 0 aromatic carbocycles. The van der Waals surface area contributed by atoms with Gasteiger partial charge in [-0.15, -0.1) is 10.2 Å². The van der Waals surface area contributed by atoms with Crippen molar-refractivity contribution >= 4 is 28.2 Å². The molecular formula is C11H15N5S2. The highest BCUT2D eigenvalue weighted by atomic mass is 32.2. The monoisotopic (exact) mass is 281 g/mol. The first-order chi connectivity index (χ1) is 8.69. The van der Waals surface area contributed by atoms with Gasteiger partial charge in [0.15, 0.2) is 4.34 Å². The molecule has 0 amide bonds. The number of aromatic nitrogens is 3. The van der Waals surface area contributed by atoms with Crippen LogP contribution in [0.5, 0.6) is 0 Å². The van der Waals surface area contributed by atoms with Crippen LogP contribution in [0.1, 0.15) is 5.56 Å². The van der Waals surface area contributed by atoms with Gasteiger partial charge in [0.2, 0.25) is 5.13 Å². The van der Waals surface area contributed by atoms with Gasteiger partial charge in [0.1, 0.15) is 5.03 Å². The Hall–Kier alpha value is -1.18. The summed E-state index contributed by atoms with van der Waals surface area (Å²) in [5.74, 6) is 0. The van der Waals surface area contributed by atoms with Gasteiger partial charge in [0.25, 0.3) is 0 Å². The molecular weight excluding hydrogens is 266 g/mol. The molecule has 0 aliphatic carbocycles. The Balaban J connectivity index is 2.03. The minimum absolute atomic E-state index is 0.835. The summed E-state index contributed by atoms with van der Waals surface area (Å²) >= 11 is 3.10. The maximum Gasteiger partial charge on any atom is 0.208 e. The number of pyridine rings is 1. The number of nitrogens with zero attached hydrogens (tertiary/aromatic N) is 4. The second kappa shape index (κ2) is 6.12. The molecule has 2 aromatic rings. The van der Waals surface area contributed by atoms with Crippen LogP contribution in [-0.4, -0.2) is 36.3 Å². The van der Waals surface area contributed by atoms with Crippen molar-refractivity contribution in [3.8, 4) is 0 Å². The molecule has 0 aliphatic heterocycles. The maximum absolute atomic E-state index is 4.39. The van der Waals surface area contributed by atoms with Crippen LogP contribution in [0.4, 0.5) is 5.13 Å². The molecule has 2 heterocycles. The molecule has 0 saturated carbocycles. The summed E-state index contributed by atoms with van der Waals surface area (Å²) in [6.07, 6.45) is 1.88. The summed E-state index contributed by atoms with van der Waals surface area (Å²) in [5, 5.41) is 13.2. The lowest BCUT2D eigenvalue weighted by molar-refractivity contribution is 0.809. The van der Waals surface area contributed by atoms with Gasteiger partial charge in [-0.3, -0.25) is 0 Å². The molecule has 0 bridgehead atoms. The van der Waals surface area contributed by atoms with Gasteiger partial charge < -0.3 is 10.2 Å². The molecule has 96 valence electrons. The molecule has 2 rings (SSSR count). The van der Waals surface area contributed by atoms with Crippen molar-refractivity contribution in [2.24, 2.45) is 0 Å². The second-order valence-electron chi connectivity index (χ2n) is 3.88. The molecule has 5 nitrogen and oxygen atoms in total. The molecule has 2 aromatic heterocycles. The Morgan fingerprint density at radius 3 is 2.72 bits per heavy atom. The zero-order valence-electron chi connectivity index (χ0n) is 10.5. The lowest BCUT2D eigenvalue weighted by Crippen LogP contribution is -2.07. The van der Waals surface area contributed by atoms with Crippen LogP contribution in [0.3, 0.4) is 0 Å². The van der Waals surface area contributed by atoms with E-state index in [0.717, 1.165) is 21.0 Å². The van der Waals surface area contributed by atoms with Crippen LogP contribution in [0.15, 0.2) is 27.7 Å². The van der Waals surface area contributed by atoms with E-state index in [-0.39, 0.29) is 0 Å². The van der Waals surface area contributed by atoms with E-state index < -0.39 is 0 Å². The number of hydrogen-bond donors (Lipinski definition) is 1. The average Bonchev–Trinajstić information content (AvgIpc) is 2.81. The first kappa shape index (κ1) is 13.3. The van der Waals surface area contributed by atoms with Crippen LogP contribution in [0.25, 0.3) is 0 Å². The Labute approximate surface area is 115 Å². The van der Waals surface area contributed by atoms with E-state index in [1.807, 2.05) is 38.3 Å². The van der Waals surface area contributed by atoms with Crippen molar-refractivity contribution in [3.63, 3.8) is 0 Å². The average molecular weight is 281 g/mol. The molecule has 0 aliphatic rings. The van der Waals surface area contributed by atoms with Crippen molar-refractivity contribution in [2.75, 3.05) is 26.0 Å². The Kier molecular flexibility index (Phi) is 4.51. The van der Waals surface area contributed by atoms with Gasteiger partial charge in [0.05, 0.1) is 0 Å². The van der Waals surface area contributed by atoms with E-state index in [4.69, 9.17) is 0 Å². The second-order valence-corrected chi connectivity index (χ2v) is 6.11. The quantitative estimate of drug-likeness (QED) is 0.903. The van der Waals surface area contributed by atoms with Crippen molar-refractivity contribution in [1.82, 2.24) is 20.5 Å². The number of rotatable bonds is 5. The van der Waals surface area contributed by atoms with Crippen molar-refractivity contribution < 1.29 is 0 Å². The molecule has 1 N–H and O–H groups in total. The molecule has 0 unspecified atom stereocenters. The molecule has 18 heavy (non-hydrogen) atoms. The fourth-order valence-corrected chi connectivity index (χ4v) is 2.94. The Morgan fingerprint density at radius 1 is 1.33 bits per heavy atom. The van der Waals surface area contributed by atoms with Gasteiger partial charge in [-0.05, 0) is 30.4 Å². The fourth-order valence-electron chi connectivity index (χ4n) is 1.29. The van der Waals surface area contributed by atoms with Crippen LogP contribution in [0, 0.1) is 0 Å². The summed E-state index contributed by atoms with van der Waals surface area (Å²) in [6, 6.07) is 4.08. The lowest BCUT2D eigenvalue weighted by atomic mass is 10.3. The third kappa shape index (κ3) is 3.41. The van der Waals surface area contributed by atoms with Gasteiger partial charge in [-0.1, -0.05) is 17.4 Å². The normalized spacial score (nSPS) is 10.6. The highest BCUT2D eigenvalue weighted by molar-refractivity contribution is 8.01. The third-order valence-corrected chi connectivity index (χ3v) is 4.24.